The summed E-state index contributed by atoms with van der Waals surface area (Å²) in [5, 5.41) is 18.8. The fraction of sp³-hybridized carbons (Fsp3) is 0.294. The lowest BCUT2D eigenvalue weighted by Gasteiger charge is -2.17. The number of phenolic OH excluding ortho intramolecular Hbond substituents is 2. The molecule has 0 fully saturated rings. The first-order valence-corrected chi connectivity index (χ1v) is 7.03. The number of benzene rings is 2. The summed E-state index contributed by atoms with van der Waals surface area (Å²) < 4.78 is 28.1. The fourth-order valence-electron chi connectivity index (χ4n) is 3.16. The van der Waals surface area contributed by atoms with Crippen LogP contribution in [0.2, 0.25) is 0 Å². The Morgan fingerprint density at radius 3 is 2.33 bits per heavy atom. The molecule has 0 aromatic heterocycles. The molecule has 2 N–H and O–H groups in total. The summed E-state index contributed by atoms with van der Waals surface area (Å²) in [5.41, 5.74) is 2.10. The smallest absolute Gasteiger partial charge is 0.133 e. The minimum absolute atomic E-state index is 0.0497. The van der Waals surface area contributed by atoms with E-state index in [1.54, 1.807) is 12.1 Å². The van der Waals surface area contributed by atoms with E-state index in [-0.39, 0.29) is 17.2 Å². The number of halogens is 2. The van der Waals surface area contributed by atoms with Crippen LogP contribution >= 0.6 is 0 Å². The lowest BCUT2D eigenvalue weighted by Crippen LogP contribution is -2.07. The van der Waals surface area contributed by atoms with Crippen molar-refractivity contribution in [2.75, 3.05) is 0 Å². The second kappa shape index (κ2) is 5.35. The molecule has 0 saturated carbocycles. The van der Waals surface area contributed by atoms with Gasteiger partial charge in [0.1, 0.15) is 23.1 Å². The van der Waals surface area contributed by atoms with Crippen LogP contribution in [0, 0.1) is 11.6 Å². The predicted molar refractivity (Wildman–Crippen MR) is 75.5 cm³/mol. The Bertz CT molecular complexity index is 659. The van der Waals surface area contributed by atoms with Crippen LogP contribution in [0.15, 0.2) is 30.3 Å². The molecule has 2 aromatic rings. The standard InChI is InChI=1S/C17H16F2O2/c18-15-8-14(21)9-16(19)17(15)12-3-1-2-10-7-13(20)5-4-11(10)6-12/h4-5,7-9,12,20-21H,1-3,6H2. The van der Waals surface area contributed by atoms with Crippen molar-refractivity contribution >= 4 is 0 Å². The topological polar surface area (TPSA) is 40.5 Å². The molecule has 0 radical (unpaired) electrons. The van der Waals surface area contributed by atoms with Gasteiger partial charge in [0.25, 0.3) is 0 Å². The minimum Gasteiger partial charge on any atom is -0.508 e. The van der Waals surface area contributed by atoms with Gasteiger partial charge in [0.05, 0.1) is 0 Å². The van der Waals surface area contributed by atoms with Gasteiger partial charge in [-0.25, -0.2) is 8.78 Å². The lowest BCUT2D eigenvalue weighted by atomic mass is 9.89. The van der Waals surface area contributed by atoms with E-state index < -0.39 is 17.4 Å². The van der Waals surface area contributed by atoms with Crippen LogP contribution in [0.4, 0.5) is 8.78 Å². The van der Waals surface area contributed by atoms with Crippen molar-refractivity contribution in [3.05, 3.63) is 58.7 Å². The van der Waals surface area contributed by atoms with Gasteiger partial charge < -0.3 is 10.2 Å². The zero-order chi connectivity index (χ0) is 15.0. The van der Waals surface area contributed by atoms with E-state index in [0.29, 0.717) is 12.8 Å². The zero-order valence-corrected chi connectivity index (χ0v) is 11.4. The van der Waals surface area contributed by atoms with Crippen molar-refractivity contribution in [3.8, 4) is 11.5 Å². The number of phenols is 2. The second-order valence-corrected chi connectivity index (χ2v) is 5.57. The van der Waals surface area contributed by atoms with Gasteiger partial charge in [-0.05, 0) is 54.9 Å². The molecular weight excluding hydrogens is 274 g/mol. The first-order valence-electron chi connectivity index (χ1n) is 7.03. The third-order valence-electron chi connectivity index (χ3n) is 4.13. The van der Waals surface area contributed by atoms with Crippen molar-refractivity contribution in [1.29, 1.82) is 0 Å². The Hall–Kier alpha value is -2.10. The molecule has 0 heterocycles. The van der Waals surface area contributed by atoms with Crippen LogP contribution in [-0.2, 0) is 12.8 Å². The summed E-state index contributed by atoms with van der Waals surface area (Å²) in [4.78, 5) is 0. The van der Waals surface area contributed by atoms with E-state index in [1.807, 2.05) is 6.07 Å². The van der Waals surface area contributed by atoms with E-state index in [1.165, 1.54) is 0 Å². The summed E-state index contributed by atoms with van der Waals surface area (Å²) in [5.74, 6) is -1.82. The molecular formula is C17H16F2O2. The van der Waals surface area contributed by atoms with Crippen LogP contribution in [0.1, 0.15) is 35.4 Å². The number of fused-ring (bicyclic) bond motifs is 1. The summed E-state index contributed by atoms with van der Waals surface area (Å²) in [6.45, 7) is 0. The molecule has 1 aliphatic carbocycles. The van der Waals surface area contributed by atoms with Gasteiger partial charge >= 0.3 is 0 Å². The average Bonchev–Trinajstić information content (AvgIpc) is 2.59. The molecule has 1 unspecified atom stereocenters. The highest BCUT2D eigenvalue weighted by Gasteiger charge is 2.24. The first-order chi connectivity index (χ1) is 10.0. The van der Waals surface area contributed by atoms with Crippen molar-refractivity contribution in [2.45, 2.75) is 31.6 Å². The van der Waals surface area contributed by atoms with E-state index in [0.717, 1.165) is 36.1 Å². The Kier molecular flexibility index (Phi) is 3.53. The largest absolute Gasteiger partial charge is 0.508 e. The molecule has 2 aromatic carbocycles. The molecule has 2 nitrogen and oxygen atoms in total. The molecule has 0 spiro atoms. The van der Waals surface area contributed by atoms with Gasteiger partial charge in [-0.2, -0.15) is 0 Å². The van der Waals surface area contributed by atoms with E-state index in [2.05, 4.69) is 0 Å². The quantitative estimate of drug-likeness (QED) is 0.778. The maximum absolute atomic E-state index is 14.0. The highest BCUT2D eigenvalue weighted by Crippen LogP contribution is 2.36. The van der Waals surface area contributed by atoms with Gasteiger partial charge in [-0.15, -0.1) is 0 Å². The van der Waals surface area contributed by atoms with Crippen LogP contribution < -0.4 is 0 Å². The van der Waals surface area contributed by atoms with Crippen LogP contribution in [0.3, 0.4) is 0 Å². The van der Waals surface area contributed by atoms with Crippen molar-refractivity contribution in [3.63, 3.8) is 0 Å². The third-order valence-corrected chi connectivity index (χ3v) is 4.13. The Balaban J connectivity index is 1.99. The van der Waals surface area contributed by atoms with Gasteiger partial charge in [0.2, 0.25) is 0 Å². The minimum atomic E-state index is -0.695. The maximum atomic E-state index is 14.0. The van der Waals surface area contributed by atoms with E-state index >= 15 is 0 Å². The maximum Gasteiger partial charge on any atom is 0.133 e. The van der Waals surface area contributed by atoms with Gasteiger partial charge in [-0.3, -0.25) is 0 Å². The van der Waals surface area contributed by atoms with E-state index in [9.17, 15) is 19.0 Å². The number of aromatic hydroxyl groups is 2. The first kappa shape index (κ1) is 13.9. The molecule has 0 amide bonds. The Labute approximate surface area is 121 Å². The highest BCUT2D eigenvalue weighted by atomic mass is 19.1. The summed E-state index contributed by atoms with van der Waals surface area (Å²) in [6, 6.07) is 7.06. The number of hydrogen-bond acceptors (Lipinski definition) is 2. The second-order valence-electron chi connectivity index (χ2n) is 5.57. The molecule has 0 saturated heterocycles. The molecule has 0 aliphatic heterocycles. The normalized spacial score (nSPS) is 18.1. The predicted octanol–water partition coefficient (Wildman–Crippen LogP) is 4.04. The molecule has 3 rings (SSSR count). The lowest BCUT2D eigenvalue weighted by molar-refractivity contribution is 0.448. The fourth-order valence-corrected chi connectivity index (χ4v) is 3.16. The molecule has 1 aliphatic rings. The van der Waals surface area contributed by atoms with Gasteiger partial charge in [0.15, 0.2) is 0 Å². The Morgan fingerprint density at radius 2 is 1.62 bits per heavy atom. The summed E-state index contributed by atoms with van der Waals surface area (Å²) in [6.07, 6.45) is 2.81. The molecule has 0 bridgehead atoms. The van der Waals surface area contributed by atoms with Crippen LogP contribution in [-0.4, -0.2) is 10.2 Å². The molecule has 1 atom stereocenters. The van der Waals surface area contributed by atoms with E-state index in [4.69, 9.17) is 0 Å². The molecule has 110 valence electrons. The monoisotopic (exact) mass is 290 g/mol. The van der Waals surface area contributed by atoms with Crippen molar-refractivity contribution < 1.29 is 19.0 Å². The summed E-state index contributed by atoms with van der Waals surface area (Å²) >= 11 is 0. The molecule has 21 heavy (non-hydrogen) atoms. The number of hydrogen-bond donors (Lipinski definition) is 2. The average molecular weight is 290 g/mol. The number of aryl methyl sites for hydroxylation is 1. The Morgan fingerprint density at radius 1 is 0.905 bits per heavy atom. The zero-order valence-electron chi connectivity index (χ0n) is 11.4. The van der Waals surface area contributed by atoms with Crippen molar-refractivity contribution in [1.82, 2.24) is 0 Å². The third kappa shape index (κ3) is 2.71. The van der Waals surface area contributed by atoms with Crippen LogP contribution in [0.25, 0.3) is 0 Å². The number of rotatable bonds is 1. The molecule has 4 heteroatoms. The summed E-state index contributed by atoms with van der Waals surface area (Å²) in [7, 11) is 0. The van der Waals surface area contributed by atoms with Gasteiger partial charge in [-0.1, -0.05) is 6.07 Å². The van der Waals surface area contributed by atoms with Crippen molar-refractivity contribution in [2.24, 2.45) is 0 Å². The van der Waals surface area contributed by atoms with Crippen LogP contribution in [0.5, 0.6) is 11.5 Å². The van der Waals surface area contributed by atoms with Gasteiger partial charge in [0, 0.05) is 17.7 Å². The highest BCUT2D eigenvalue weighted by molar-refractivity contribution is 5.39. The SMILES string of the molecule is Oc1cc(F)c(C2CCCc3cc(O)ccc3C2)c(F)c1.